The van der Waals surface area contributed by atoms with Crippen LogP contribution in [0, 0.1) is 33.8 Å². The van der Waals surface area contributed by atoms with Crippen LogP contribution < -0.4 is 29.6 Å². The Bertz CT molecular complexity index is 2580. The number of allylic oxidation sites excluding steroid dienone is 2. The van der Waals surface area contributed by atoms with Gasteiger partial charge in [-0.2, -0.15) is 0 Å². The Morgan fingerprint density at radius 1 is 0.803 bits per heavy atom. The van der Waals surface area contributed by atoms with Gasteiger partial charge in [-0.15, -0.1) is 0 Å². The molecular formula is C55H76N4O14S2Si. The first-order chi connectivity index (χ1) is 35.7. The molecule has 416 valence electrons. The molecule has 2 amide bonds. The smallest absolute Gasteiger partial charge is 0.412 e. The van der Waals surface area contributed by atoms with E-state index >= 15 is 0 Å². The maximum atomic E-state index is 14.7. The summed E-state index contributed by atoms with van der Waals surface area (Å²) in [6.45, 7) is 27.0. The van der Waals surface area contributed by atoms with Crippen LogP contribution in [0.2, 0.25) is 18.1 Å². The van der Waals surface area contributed by atoms with Crippen LogP contribution in [0.4, 0.5) is 26.7 Å². The van der Waals surface area contributed by atoms with Crippen LogP contribution in [0.3, 0.4) is 0 Å². The highest BCUT2D eigenvalue weighted by Crippen LogP contribution is 2.45. The molecule has 2 unspecified atom stereocenters. The molecule has 2 aliphatic carbocycles. The van der Waals surface area contributed by atoms with Gasteiger partial charge in [0.05, 0.1) is 43.7 Å². The maximum Gasteiger partial charge on any atom is 0.412 e. The molecule has 0 spiro atoms. The molecule has 2 saturated carbocycles. The number of ketones is 2. The Hall–Kier alpha value is -5.61. The van der Waals surface area contributed by atoms with Crippen LogP contribution in [0.25, 0.3) is 0 Å². The van der Waals surface area contributed by atoms with Crippen molar-refractivity contribution in [2.45, 2.75) is 127 Å². The van der Waals surface area contributed by atoms with Gasteiger partial charge in [0.1, 0.15) is 23.4 Å². The first kappa shape index (κ1) is 61.2. The van der Waals surface area contributed by atoms with E-state index in [0.717, 1.165) is 11.1 Å². The molecule has 0 bridgehead atoms. The molecule has 21 heteroatoms. The van der Waals surface area contributed by atoms with Crippen molar-refractivity contribution in [3.63, 3.8) is 0 Å². The number of aliphatic hydroxyl groups excluding tert-OH is 1. The second-order valence-electron chi connectivity index (χ2n) is 21.8. The number of aromatic nitrogens is 1. The van der Waals surface area contributed by atoms with E-state index in [1.807, 2.05) is 6.92 Å². The number of carbonyl (C=O) groups is 4. The molecule has 5 rings (SSSR count). The highest BCUT2D eigenvalue weighted by molar-refractivity contribution is 8.76. The number of carbonyl (C=O) groups excluding carboxylic acids is 4. The standard InChI is InChI=1S/C55H76N4O14S2Si/c1-33-21-36(30-60)39(23-33)50(61)42-26-46(68-11)48(28-44(42)58-53(64)73-54(4,5)6)70-20-16-14-15-19-69-47-27-43(57-52(63)71-31-35(3)74-75-49-18-17-38(29-56-49)59(65)66)41(25-45(47)67-10)51(62)40-24-34(2)22-37(40)32-72-76(12,13)55(7,8)9/h17-18,25-29,35-37,39-40,60H,1-2,14-16,19-24,30-32H2,3-13H3,(H,57,63)(H,58,64)/t35-,36-,37-,39?,40?/m0/s1. The van der Waals surface area contributed by atoms with Crippen LogP contribution in [0.5, 0.6) is 23.0 Å². The summed E-state index contributed by atoms with van der Waals surface area (Å²) >= 11 is 0. The Balaban J connectivity index is 1.28. The number of rotatable bonds is 26. The van der Waals surface area contributed by atoms with Crippen molar-refractivity contribution < 1.29 is 62.1 Å². The van der Waals surface area contributed by atoms with Crippen molar-refractivity contribution in [3.05, 3.63) is 88.1 Å². The van der Waals surface area contributed by atoms with Gasteiger partial charge in [0, 0.05) is 59.6 Å². The van der Waals surface area contributed by atoms with Gasteiger partial charge in [-0.25, -0.2) is 14.6 Å². The van der Waals surface area contributed by atoms with Gasteiger partial charge >= 0.3 is 12.2 Å². The number of unbranched alkanes of at least 4 members (excludes halogenated alkanes) is 2. The number of hydrogen-bond donors (Lipinski definition) is 3. The molecule has 3 aromatic rings. The van der Waals surface area contributed by atoms with Gasteiger partial charge in [-0.05, 0) is 132 Å². The zero-order valence-corrected chi connectivity index (χ0v) is 48.4. The van der Waals surface area contributed by atoms with Gasteiger partial charge in [0.25, 0.3) is 5.69 Å². The van der Waals surface area contributed by atoms with Crippen molar-refractivity contribution in [1.29, 1.82) is 0 Å². The van der Waals surface area contributed by atoms with Crippen molar-refractivity contribution >= 4 is 70.7 Å². The number of amides is 2. The van der Waals surface area contributed by atoms with E-state index in [9.17, 15) is 34.4 Å². The van der Waals surface area contributed by atoms with Crippen LogP contribution in [0.1, 0.15) is 114 Å². The van der Waals surface area contributed by atoms with Crippen molar-refractivity contribution in [3.8, 4) is 23.0 Å². The van der Waals surface area contributed by atoms with Crippen LogP contribution in [-0.2, 0) is 13.9 Å². The second-order valence-corrected chi connectivity index (χ2v) is 29.3. The number of Topliss-reactive ketones (excluding diaryl/α,β-unsaturated/α-hetero) is 2. The van der Waals surface area contributed by atoms with Crippen molar-refractivity contribution in [2.24, 2.45) is 23.7 Å². The number of anilines is 2. The molecule has 76 heavy (non-hydrogen) atoms. The third kappa shape index (κ3) is 17.2. The number of pyridine rings is 1. The summed E-state index contributed by atoms with van der Waals surface area (Å²) in [5.41, 5.74) is 1.72. The molecule has 2 aliphatic rings. The zero-order chi connectivity index (χ0) is 56.1. The Kier molecular flexibility index (Phi) is 21.9. The largest absolute Gasteiger partial charge is 0.493 e. The van der Waals surface area contributed by atoms with Gasteiger partial charge in [0.2, 0.25) is 0 Å². The molecule has 5 atom stereocenters. The normalized spacial score (nSPS) is 18.2. The summed E-state index contributed by atoms with van der Waals surface area (Å²) in [6.07, 6.45) is 3.53. The molecule has 3 N–H and O–H groups in total. The van der Waals surface area contributed by atoms with Gasteiger partial charge in [-0.1, -0.05) is 55.9 Å². The Morgan fingerprint density at radius 3 is 1.80 bits per heavy atom. The second kappa shape index (κ2) is 27.1. The first-order valence-corrected chi connectivity index (χ1v) is 30.6. The van der Waals surface area contributed by atoms with Crippen LogP contribution in [-0.4, -0.2) is 105 Å². The average molecular weight is 1110 g/mol. The fraction of sp³-hybridized carbons (Fsp3) is 0.545. The summed E-state index contributed by atoms with van der Waals surface area (Å²) in [7, 11) is 3.47. The van der Waals surface area contributed by atoms with E-state index in [4.69, 9.17) is 32.8 Å². The minimum absolute atomic E-state index is 0.00319. The average Bonchev–Trinajstić information content (AvgIpc) is 3.93. The lowest BCUT2D eigenvalue weighted by Gasteiger charge is -2.37. The fourth-order valence-electron chi connectivity index (χ4n) is 8.53. The van der Waals surface area contributed by atoms with E-state index in [1.54, 1.807) is 51.1 Å². The summed E-state index contributed by atoms with van der Waals surface area (Å²) in [4.78, 5) is 69.9. The molecule has 1 aromatic heterocycles. The molecule has 18 nitrogen and oxygen atoms in total. The highest BCUT2D eigenvalue weighted by atomic mass is 33.1. The molecule has 0 saturated heterocycles. The lowest BCUT2D eigenvalue weighted by Crippen LogP contribution is -2.42. The van der Waals surface area contributed by atoms with E-state index in [2.05, 4.69) is 62.6 Å². The van der Waals surface area contributed by atoms with Crippen LogP contribution >= 0.6 is 21.6 Å². The highest BCUT2D eigenvalue weighted by Gasteiger charge is 2.42. The predicted molar refractivity (Wildman–Crippen MR) is 299 cm³/mol. The number of nitrogens with one attached hydrogen (secondary N) is 2. The van der Waals surface area contributed by atoms with Crippen molar-refractivity contribution in [1.82, 2.24) is 4.98 Å². The number of benzene rings is 2. The van der Waals surface area contributed by atoms with E-state index in [0.29, 0.717) is 79.6 Å². The van der Waals surface area contributed by atoms with Gasteiger partial charge < -0.3 is 38.0 Å². The zero-order valence-electron chi connectivity index (χ0n) is 45.8. The summed E-state index contributed by atoms with van der Waals surface area (Å²) in [6, 6.07) is 9.18. The SMILES string of the molecule is C=C1CC(C(=O)c2cc(OC)c(OCCCCCOc3cc(NC(=O)OC(C)(C)C)c(C(=O)C4CC(=C)C[C@H]4CO)cc3OC)cc2NC(=O)OC[C@H](C)SSc2ccc([N+](=O)[O-])cn2)[C@H](CO[Si](C)(C)C(C)(C)C)C1. The predicted octanol–water partition coefficient (Wildman–Crippen LogP) is 12.9. The number of methoxy groups -OCH3 is 2. The summed E-state index contributed by atoms with van der Waals surface area (Å²) in [5.74, 6) is -0.666. The minimum Gasteiger partial charge on any atom is -0.493 e. The molecule has 2 aromatic carbocycles. The lowest BCUT2D eigenvalue weighted by molar-refractivity contribution is -0.385. The third-order valence-corrected chi connectivity index (χ3v) is 20.9. The number of aliphatic hydroxyl groups is 1. The first-order valence-electron chi connectivity index (χ1n) is 25.5. The monoisotopic (exact) mass is 1110 g/mol. The third-order valence-electron chi connectivity index (χ3n) is 13.6. The van der Waals surface area contributed by atoms with Crippen LogP contribution in [0.15, 0.2) is 71.9 Å². The van der Waals surface area contributed by atoms with Gasteiger partial charge in [-0.3, -0.25) is 30.3 Å². The van der Waals surface area contributed by atoms with E-state index < -0.39 is 42.9 Å². The molecule has 2 fully saturated rings. The lowest BCUT2D eigenvalue weighted by atomic mass is 9.88. The maximum absolute atomic E-state index is 14.7. The molecule has 0 aliphatic heterocycles. The molecule has 0 radical (unpaired) electrons. The number of nitrogens with zero attached hydrogens (tertiary/aromatic N) is 2. The molecule has 1 heterocycles. The minimum atomic E-state index is -2.14. The number of nitro groups is 1. The summed E-state index contributed by atoms with van der Waals surface area (Å²) < 4.78 is 41.7. The van der Waals surface area contributed by atoms with Gasteiger partial charge in [0.15, 0.2) is 42.9 Å². The Labute approximate surface area is 455 Å². The number of hydrogen-bond acceptors (Lipinski definition) is 17. The van der Waals surface area contributed by atoms with Crippen molar-refractivity contribution in [2.75, 3.05) is 57.9 Å². The quantitative estimate of drug-likeness (QED) is 0.0129. The Morgan fingerprint density at radius 2 is 1.33 bits per heavy atom. The van der Waals surface area contributed by atoms with E-state index in [1.165, 1.54) is 48.1 Å². The number of ether oxygens (including phenoxy) is 6. The topological polar surface area (TPSA) is 233 Å². The molecular weight excluding hydrogens is 1030 g/mol. The van der Waals surface area contributed by atoms with E-state index in [-0.39, 0.29) is 88.3 Å². The fourth-order valence-corrected chi connectivity index (χ4v) is 11.4. The summed E-state index contributed by atoms with van der Waals surface area (Å²) in [5, 5.41) is 26.9.